The minimum absolute atomic E-state index is 0.0101. The summed E-state index contributed by atoms with van der Waals surface area (Å²) in [7, 11) is -3.26. The van der Waals surface area contributed by atoms with Crippen LogP contribution in [0.3, 0.4) is 0 Å². The molecule has 0 aromatic heterocycles. The van der Waals surface area contributed by atoms with Crippen molar-refractivity contribution in [2.75, 3.05) is 13.1 Å². The topological polar surface area (TPSA) is 63.4 Å². The third-order valence-corrected chi connectivity index (χ3v) is 5.63. The molecule has 1 saturated heterocycles. The van der Waals surface area contributed by atoms with Crippen molar-refractivity contribution in [3.8, 4) is 0 Å². The van der Waals surface area contributed by atoms with E-state index in [1.165, 1.54) is 0 Å². The number of piperidine rings is 1. The van der Waals surface area contributed by atoms with Crippen LogP contribution in [-0.2, 0) is 15.8 Å². The van der Waals surface area contributed by atoms with E-state index in [1.807, 2.05) is 0 Å². The van der Waals surface area contributed by atoms with Gasteiger partial charge in [-0.2, -0.15) is 0 Å². The summed E-state index contributed by atoms with van der Waals surface area (Å²) in [6.07, 6.45) is 2.04. The molecule has 1 atom stereocenters. The summed E-state index contributed by atoms with van der Waals surface area (Å²) in [4.78, 5) is 0.288. The van der Waals surface area contributed by atoms with Crippen molar-refractivity contribution >= 4 is 27.2 Å². The largest absolute Gasteiger partial charge is 0.389 e. The van der Waals surface area contributed by atoms with Gasteiger partial charge in [-0.1, -0.05) is 37.3 Å². The second-order valence-electron chi connectivity index (χ2n) is 5.43. The Balaban J connectivity index is 2.15. The maximum atomic E-state index is 12.4. The van der Waals surface area contributed by atoms with E-state index in [1.54, 1.807) is 28.6 Å². The van der Waals surface area contributed by atoms with Crippen LogP contribution in [0.25, 0.3) is 0 Å². The van der Waals surface area contributed by atoms with Crippen LogP contribution >= 0.6 is 12.2 Å². The van der Waals surface area contributed by atoms with E-state index >= 15 is 0 Å². The fraction of sp³-hybridized carbons (Fsp3) is 0.500. The first-order chi connectivity index (χ1) is 9.38. The highest BCUT2D eigenvalue weighted by Gasteiger charge is 2.27. The summed E-state index contributed by atoms with van der Waals surface area (Å²) in [5.41, 5.74) is 7.02. The second kappa shape index (κ2) is 6.20. The number of hydrogen-bond donors (Lipinski definition) is 1. The standard InChI is InChI=1S/C14H20N2O2S2/c1-11-4-3-7-16(9-11)20(17,18)10-12-5-2-6-13(8-12)14(15)19/h2,5-6,8,11H,3-4,7,9-10H2,1H3,(H2,15,19). The monoisotopic (exact) mass is 312 g/mol. The second-order valence-corrected chi connectivity index (χ2v) is 7.83. The van der Waals surface area contributed by atoms with E-state index in [4.69, 9.17) is 18.0 Å². The van der Waals surface area contributed by atoms with Gasteiger partial charge in [0.2, 0.25) is 10.0 Å². The molecule has 0 amide bonds. The highest BCUT2D eigenvalue weighted by molar-refractivity contribution is 7.88. The highest BCUT2D eigenvalue weighted by Crippen LogP contribution is 2.21. The number of benzene rings is 1. The molecule has 0 spiro atoms. The molecule has 20 heavy (non-hydrogen) atoms. The van der Waals surface area contributed by atoms with Gasteiger partial charge in [-0.05, 0) is 30.4 Å². The van der Waals surface area contributed by atoms with Crippen molar-refractivity contribution in [3.05, 3.63) is 35.4 Å². The summed E-state index contributed by atoms with van der Waals surface area (Å²) >= 11 is 4.92. The molecule has 4 nitrogen and oxygen atoms in total. The Morgan fingerprint density at radius 2 is 2.25 bits per heavy atom. The van der Waals surface area contributed by atoms with Crippen LogP contribution in [0.5, 0.6) is 0 Å². The van der Waals surface area contributed by atoms with Crippen LogP contribution < -0.4 is 5.73 Å². The number of hydrogen-bond acceptors (Lipinski definition) is 3. The Morgan fingerprint density at radius 1 is 1.50 bits per heavy atom. The average Bonchev–Trinajstić information content (AvgIpc) is 2.38. The van der Waals surface area contributed by atoms with Gasteiger partial charge in [0.15, 0.2) is 0 Å². The van der Waals surface area contributed by atoms with Crippen molar-refractivity contribution in [2.45, 2.75) is 25.5 Å². The number of rotatable bonds is 4. The minimum atomic E-state index is -3.26. The summed E-state index contributed by atoms with van der Waals surface area (Å²) in [5.74, 6) is 0.442. The van der Waals surface area contributed by atoms with E-state index in [0.29, 0.717) is 24.6 Å². The van der Waals surface area contributed by atoms with Gasteiger partial charge in [-0.3, -0.25) is 0 Å². The molecule has 1 heterocycles. The number of thiocarbonyl (C=S) groups is 1. The van der Waals surface area contributed by atoms with E-state index in [0.717, 1.165) is 18.4 Å². The molecule has 2 rings (SSSR count). The molecule has 1 aromatic rings. The van der Waals surface area contributed by atoms with Gasteiger partial charge in [0, 0.05) is 18.7 Å². The SMILES string of the molecule is CC1CCCN(S(=O)(=O)Cc2cccc(C(N)=S)c2)C1. The van der Waals surface area contributed by atoms with Crippen molar-refractivity contribution in [3.63, 3.8) is 0 Å². The lowest BCUT2D eigenvalue weighted by atomic mass is 10.0. The van der Waals surface area contributed by atoms with Crippen LogP contribution in [0.15, 0.2) is 24.3 Å². The molecule has 1 aliphatic rings. The molecule has 0 radical (unpaired) electrons. The molecule has 2 N–H and O–H groups in total. The highest BCUT2D eigenvalue weighted by atomic mass is 32.2. The van der Waals surface area contributed by atoms with Gasteiger partial charge in [0.1, 0.15) is 4.99 Å². The van der Waals surface area contributed by atoms with Crippen LogP contribution in [0, 0.1) is 5.92 Å². The van der Waals surface area contributed by atoms with Crippen LogP contribution in [0.1, 0.15) is 30.9 Å². The van der Waals surface area contributed by atoms with E-state index in [2.05, 4.69) is 6.92 Å². The van der Waals surface area contributed by atoms with Gasteiger partial charge in [-0.15, -0.1) is 0 Å². The lowest BCUT2D eigenvalue weighted by Crippen LogP contribution is -2.39. The van der Waals surface area contributed by atoms with Crippen molar-refractivity contribution in [1.29, 1.82) is 0 Å². The van der Waals surface area contributed by atoms with Crippen molar-refractivity contribution < 1.29 is 8.42 Å². The van der Waals surface area contributed by atoms with Gasteiger partial charge in [0.25, 0.3) is 0 Å². The molecular weight excluding hydrogens is 292 g/mol. The Hall–Kier alpha value is -0.980. The molecule has 1 unspecified atom stereocenters. The van der Waals surface area contributed by atoms with E-state index in [9.17, 15) is 8.42 Å². The molecule has 0 saturated carbocycles. The molecule has 110 valence electrons. The zero-order valence-electron chi connectivity index (χ0n) is 11.6. The molecule has 0 bridgehead atoms. The van der Waals surface area contributed by atoms with Crippen molar-refractivity contribution in [1.82, 2.24) is 4.31 Å². The fourth-order valence-corrected chi connectivity index (χ4v) is 4.31. The number of sulfonamides is 1. The molecule has 1 aliphatic heterocycles. The average molecular weight is 312 g/mol. The normalized spacial score (nSPS) is 20.8. The molecular formula is C14H20N2O2S2. The first-order valence-corrected chi connectivity index (χ1v) is 8.77. The fourth-order valence-electron chi connectivity index (χ4n) is 2.52. The third kappa shape index (κ3) is 3.77. The Morgan fingerprint density at radius 3 is 2.90 bits per heavy atom. The van der Waals surface area contributed by atoms with Gasteiger partial charge in [-0.25, -0.2) is 12.7 Å². The third-order valence-electron chi connectivity index (χ3n) is 3.57. The summed E-state index contributed by atoms with van der Waals surface area (Å²) in [6, 6.07) is 7.14. The van der Waals surface area contributed by atoms with Gasteiger partial charge < -0.3 is 5.73 Å². The van der Waals surface area contributed by atoms with Gasteiger partial charge in [0.05, 0.1) is 5.75 Å². The first kappa shape index (κ1) is 15.4. The van der Waals surface area contributed by atoms with E-state index < -0.39 is 10.0 Å². The van der Waals surface area contributed by atoms with E-state index in [-0.39, 0.29) is 10.7 Å². The molecule has 1 aromatic carbocycles. The maximum Gasteiger partial charge on any atom is 0.218 e. The van der Waals surface area contributed by atoms with Crippen LogP contribution in [0.4, 0.5) is 0 Å². The number of nitrogens with zero attached hydrogens (tertiary/aromatic N) is 1. The zero-order chi connectivity index (χ0) is 14.8. The summed E-state index contributed by atoms with van der Waals surface area (Å²) < 4.78 is 26.5. The summed E-state index contributed by atoms with van der Waals surface area (Å²) in [5, 5.41) is 0. The Kier molecular flexibility index (Phi) is 4.78. The van der Waals surface area contributed by atoms with Crippen LogP contribution in [0.2, 0.25) is 0 Å². The molecule has 0 aliphatic carbocycles. The quantitative estimate of drug-likeness (QED) is 0.862. The maximum absolute atomic E-state index is 12.4. The number of nitrogens with two attached hydrogens (primary N) is 1. The lowest BCUT2D eigenvalue weighted by Gasteiger charge is -2.30. The Labute approximate surface area is 126 Å². The lowest BCUT2D eigenvalue weighted by molar-refractivity contribution is 0.281. The minimum Gasteiger partial charge on any atom is -0.389 e. The van der Waals surface area contributed by atoms with Gasteiger partial charge >= 0.3 is 0 Å². The first-order valence-electron chi connectivity index (χ1n) is 6.75. The van der Waals surface area contributed by atoms with Crippen LogP contribution in [-0.4, -0.2) is 30.8 Å². The molecule has 1 fully saturated rings. The zero-order valence-corrected chi connectivity index (χ0v) is 13.2. The molecule has 6 heteroatoms. The predicted octanol–water partition coefficient (Wildman–Crippen LogP) is 1.88. The summed E-state index contributed by atoms with van der Waals surface area (Å²) in [6.45, 7) is 3.34. The predicted molar refractivity (Wildman–Crippen MR) is 84.9 cm³/mol. The Bertz CT molecular complexity index is 599. The smallest absolute Gasteiger partial charge is 0.218 e. The van der Waals surface area contributed by atoms with Crippen molar-refractivity contribution in [2.24, 2.45) is 11.7 Å².